The number of phenolic OH excluding ortho intramolecular Hbond substituents is 2. The second-order valence-corrected chi connectivity index (χ2v) is 4.77. The van der Waals surface area contributed by atoms with E-state index in [0.29, 0.717) is 10.8 Å². The van der Waals surface area contributed by atoms with Gasteiger partial charge in [0.2, 0.25) is 0 Å². The van der Waals surface area contributed by atoms with Gasteiger partial charge in [-0.05, 0) is 17.3 Å². The molecule has 22 heavy (non-hydrogen) atoms. The Morgan fingerprint density at radius 3 is 2.23 bits per heavy atom. The minimum Gasteiger partial charge on any atom is -0.507 e. The van der Waals surface area contributed by atoms with Crippen LogP contribution in [0.3, 0.4) is 0 Å². The molecule has 0 saturated carbocycles. The fourth-order valence-electron chi connectivity index (χ4n) is 2.46. The smallest absolute Gasteiger partial charge is 0.199 e. The number of benzene rings is 3. The molecule has 3 aromatic rings. The average Bonchev–Trinajstić information content (AvgIpc) is 2.54. The topological polar surface area (TPSA) is 87.0 Å². The van der Waals surface area contributed by atoms with Gasteiger partial charge in [0.05, 0.1) is 11.1 Å². The van der Waals surface area contributed by atoms with E-state index in [1.807, 2.05) is 0 Å². The van der Waals surface area contributed by atoms with Gasteiger partial charge < -0.3 is 10.2 Å². The highest BCUT2D eigenvalue weighted by atomic mass is 16.3. The highest BCUT2D eigenvalue weighted by Gasteiger charge is 2.21. The van der Waals surface area contributed by atoms with Crippen LogP contribution in [0.1, 0.15) is 15.9 Å². The lowest BCUT2D eigenvalue weighted by atomic mass is 9.95. The third kappa shape index (κ3) is 2.09. The third-order valence-corrected chi connectivity index (χ3v) is 3.48. The molecule has 5 nitrogen and oxygen atoms in total. The zero-order chi connectivity index (χ0) is 15.7. The first-order valence-corrected chi connectivity index (χ1v) is 6.54. The summed E-state index contributed by atoms with van der Waals surface area (Å²) in [7, 11) is 0. The minimum atomic E-state index is -0.524. The molecule has 0 aliphatic carbocycles. The summed E-state index contributed by atoms with van der Waals surface area (Å²) in [4.78, 5) is 23.6. The van der Waals surface area contributed by atoms with E-state index in [0.717, 1.165) is 6.07 Å². The summed E-state index contributed by atoms with van der Waals surface area (Å²) in [5.74, 6) is -0.989. The van der Waals surface area contributed by atoms with Crippen LogP contribution in [0.4, 0.5) is 5.69 Å². The molecule has 0 aliphatic rings. The normalized spacial score (nSPS) is 10.5. The van der Waals surface area contributed by atoms with Crippen LogP contribution in [0.5, 0.6) is 11.5 Å². The monoisotopic (exact) mass is 293 g/mol. The van der Waals surface area contributed by atoms with Gasteiger partial charge in [-0.15, -0.1) is 4.91 Å². The van der Waals surface area contributed by atoms with Gasteiger partial charge in [-0.25, -0.2) is 0 Å². The van der Waals surface area contributed by atoms with Gasteiger partial charge in [-0.2, -0.15) is 0 Å². The standard InChI is InChI=1S/C17H11NO4/c19-14-9-15(20)16(11-6-2-1-5-10(11)14)17(21)12-7-3-4-8-13(12)18-22/h1-9,19-20H. The van der Waals surface area contributed by atoms with E-state index in [2.05, 4.69) is 5.18 Å². The maximum Gasteiger partial charge on any atom is 0.199 e. The molecule has 0 radical (unpaired) electrons. The van der Waals surface area contributed by atoms with E-state index >= 15 is 0 Å². The van der Waals surface area contributed by atoms with Gasteiger partial charge in [0.1, 0.15) is 17.2 Å². The number of rotatable bonds is 3. The third-order valence-electron chi connectivity index (χ3n) is 3.48. The molecule has 2 N–H and O–H groups in total. The molecule has 0 aromatic heterocycles. The number of carbonyl (C=O) groups excluding carboxylic acids is 1. The summed E-state index contributed by atoms with van der Waals surface area (Å²) in [6, 6.07) is 13.9. The Labute approximate surface area is 125 Å². The Hall–Kier alpha value is -3.21. The molecule has 0 aliphatic heterocycles. The molecule has 3 aromatic carbocycles. The van der Waals surface area contributed by atoms with Crippen LogP contribution in [-0.4, -0.2) is 16.0 Å². The number of ketones is 1. The summed E-state index contributed by atoms with van der Waals surface area (Å²) in [5.41, 5.74) is 0.136. The first kappa shape index (κ1) is 13.8. The minimum absolute atomic E-state index is 0.00376. The van der Waals surface area contributed by atoms with Crippen molar-refractivity contribution < 1.29 is 15.0 Å². The molecule has 0 fully saturated rings. The summed E-state index contributed by atoms with van der Waals surface area (Å²) < 4.78 is 0. The fourth-order valence-corrected chi connectivity index (χ4v) is 2.46. The highest BCUT2D eigenvalue weighted by Crippen LogP contribution is 2.36. The predicted molar refractivity (Wildman–Crippen MR) is 82.6 cm³/mol. The van der Waals surface area contributed by atoms with Crippen LogP contribution < -0.4 is 0 Å². The first-order chi connectivity index (χ1) is 10.6. The molecule has 0 spiro atoms. The average molecular weight is 293 g/mol. The van der Waals surface area contributed by atoms with E-state index in [-0.39, 0.29) is 28.3 Å². The van der Waals surface area contributed by atoms with Crippen LogP contribution in [0.25, 0.3) is 10.8 Å². The Morgan fingerprint density at radius 2 is 1.50 bits per heavy atom. The van der Waals surface area contributed by atoms with Gasteiger partial charge in [0.15, 0.2) is 5.78 Å². The molecule has 108 valence electrons. The lowest BCUT2D eigenvalue weighted by molar-refractivity contribution is 0.103. The number of carbonyl (C=O) groups is 1. The van der Waals surface area contributed by atoms with E-state index < -0.39 is 5.78 Å². The van der Waals surface area contributed by atoms with Gasteiger partial charge >= 0.3 is 0 Å². The van der Waals surface area contributed by atoms with E-state index in [1.165, 1.54) is 12.1 Å². The van der Waals surface area contributed by atoms with Crippen molar-refractivity contribution in [3.8, 4) is 11.5 Å². The Balaban J connectivity index is 2.30. The molecule has 3 rings (SSSR count). The number of fused-ring (bicyclic) bond motifs is 1. The summed E-state index contributed by atoms with van der Waals surface area (Å²) in [6.45, 7) is 0. The van der Waals surface area contributed by atoms with Crippen molar-refractivity contribution >= 4 is 22.2 Å². The zero-order valence-corrected chi connectivity index (χ0v) is 11.4. The van der Waals surface area contributed by atoms with E-state index in [4.69, 9.17) is 0 Å². The predicted octanol–water partition coefficient (Wildman–Crippen LogP) is 3.88. The van der Waals surface area contributed by atoms with Crippen molar-refractivity contribution in [2.24, 2.45) is 5.18 Å². The molecule has 0 unspecified atom stereocenters. The van der Waals surface area contributed by atoms with Crippen molar-refractivity contribution in [3.05, 3.63) is 70.6 Å². The maximum absolute atomic E-state index is 12.7. The molecule has 0 heterocycles. The largest absolute Gasteiger partial charge is 0.507 e. The van der Waals surface area contributed by atoms with Crippen LogP contribution in [0.2, 0.25) is 0 Å². The van der Waals surface area contributed by atoms with Gasteiger partial charge in [0.25, 0.3) is 0 Å². The van der Waals surface area contributed by atoms with Crippen molar-refractivity contribution in [2.45, 2.75) is 0 Å². The first-order valence-electron chi connectivity index (χ1n) is 6.54. The van der Waals surface area contributed by atoms with Crippen molar-refractivity contribution in [1.29, 1.82) is 0 Å². The summed E-state index contributed by atoms with van der Waals surface area (Å²) in [5, 5.41) is 23.7. The second kappa shape index (κ2) is 5.29. The van der Waals surface area contributed by atoms with E-state index in [1.54, 1.807) is 36.4 Å². The van der Waals surface area contributed by atoms with Crippen molar-refractivity contribution in [3.63, 3.8) is 0 Å². The molecular weight excluding hydrogens is 282 g/mol. The van der Waals surface area contributed by atoms with Gasteiger partial charge in [-0.3, -0.25) is 4.79 Å². The number of phenols is 2. The summed E-state index contributed by atoms with van der Waals surface area (Å²) in [6.07, 6.45) is 0. The molecule has 5 heteroatoms. The number of hydrogen-bond donors (Lipinski definition) is 2. The number of aromatic hydroxyl groups is 2. The fraction of sp³-hybridized carbons (Fsp3) is 0. The Kier molecular flexibility index (Phi) is 3.31. The highest BCUT2D eigenvalue weighted by molar-refractivity contribution is 6.20. The van der Waals surface area contributed by atoms with Crippen LogP contribution >= 0.6 is 0 Å². The molecule has 0 atom stereocenters. The number of nitroso groups, excluding NO2 is 1. The number of hydrogen-bond acceptors (Lipinski definition) is 5. The molecule has 0 saturated heterocycles. The van der Waals surface area contributed by atoms with Crippen LogP contribution in [0.15, 0.2) is 59.8 Å². The lowest BCUT2D eigenvalue weighted by Gasteiger charge is -2.10. The van der Waals surface area contributed by atoms with Gasteiger partial charge in [0, 0.05) is 16.8 Å². The van der Waals surface area contributed by atoms with Crippen LogP contribution in [-0.2, 0) is 0 Å². The number of nitrogens with zero attached hydrogens (tertiary/aromatic N) is 1. The van der Waals surface area contributed by atoms with Crippen LogP contribution in [0, 0.1) is 4.91 Å². The molecule has 0 amide bonds. The van der Waals surface area contributed by atoms with Gasteiger partial charge in [-0.1, -0.05) is 36.4 Å². The van der Waals surface area contributed by atoms with E-state index in [9.17, 15) is 19.9 Å². The summed E-state index contributed by atoms with van der Waals surface area (Å²) >= 11 is 0. The molecule has 0 bridgehead atoms. The Bertz CT molecular complexity index is 902. The maximum atomic E-state index is 12.7. The second-order valence-electron chi connectivity index (χ2n) is 4.77. The van der Waals surface area contributed by atoms with Crippen molar-refractivity contribution in [2.75, 3.05) is 0 Å². The van der Waals surface area contributed by atoms with Crippen molar-refractivity contribution in [1.82, 2.24) is 0 Å². The SMILES string of the molecule is O=Nc1ccccc1C(=O)c1c(O)cc(O)c2ccccc12. The lowest BCUT2D eigenvalue weighted by Crippen LogP contribution is -2.03. The molecular formula is C17H11NO4. The zero-order valence-electron chi connectivity index (χ0n) is 11.4. The Morgan fingerprint density at radius 1 is 0.864 bits per heavy atom. The quantitative estimate of drug-likeness (QED) is 0.566.